The Balaban J connectivity index is 1.81. The average Bonchev–Trinajstić information content (AvgIpc) is 2.75. The molecule has 1 N–H and O–H groups in total. The third-order valence-corrected chi connectivity index (χ3v) is 4.23. The van der Waals surface area contributed by atoms with Crippen molar-refractivity contribution in [2.45, 2.75) is 25.7 Å². The summed E-state index contributed by atoms with van der Waals surface area (Å²) in [5, 5.41) is 3.12. The molecule has 2 rings (SSSR count). The summed E-state index contributed by atoms with van der Waals surface area (Å²) in [7, 11) is 1.96. The third kappa shape index (κ3) is 3.52. The molecular weight excluding hydrogens is 220 g/mol. The first-order valence-corrected chi connectivity index (χ1v) is 7.19. The van der Waals surface area contributed by atoms with Gasteiger partial charge in [0.05, 0.1) is 5.69 Å². The second-order valence-corrected chi connectivity index (χ2v) is 5.52. The Kier molecular flexibility index (Phi) is 4.72. The van der Waals surface area contributed by atoms with Crippen molar-refractivity contribution in [2.75, 3.05) is 25.1 Å². The van der Waals surface area contributed by atoms with Gasteiger partial charge in [-0.25, -0.2) is 4.98 Å². The molecule has 0 bridgehead atoms. The van der Waals surface area contributed by atoms with Crippen LogP contribution in [0.2, 0.25) is 0 Å². The lowest BCUT2D eigenvalue weighted by Gasteiger charge is -2.19. The third-order valence-electron chi connectivity index (χ3n) is 2.95. The summed E-state index contributed by atoms with van der Waals surface area (Å²) in [6.45, 7) is 0.964. The molecule has 2 heterocycles. The van der Waals surface area contributed by atoms with Crippen LogP contribution < -0.4 is 5.32 Å². The maximum absolute atomic E-state index is 5.52. The lowest BCUT2D eigenvalue weighted by molar-refractivity contribution is 0.426. The van der Waals surface area contributed by atoms with E-state index >= 15 is 0 Å². The molecule has 1 saturated heterocycles. The fraction of sp³-hybridized carbons (Fsp3) is 0.750. The van der Waals surface area contributed by atoms with E-state index in [1.807, 2.05) is 13.3 Å². The molecule has 0 amide bonds. The molecule has 0 spiro atoms. The summed E-state index contributed by atoms with van der Waals surface area (Å²) in [5.74, 6) is 4.30. The van der Waals surface area contributed by atoms with Crippen LogP contribution >= 0.6 is 11.8 Å². The van der Waals surface area contributed by atoms with Gasteiger partial charge in [0.2, 0.25) is 0 Å². The van der Waals surface area contributed by atoms with Crippen molar-refractivity contribution in [2.24, 2.45) is 5.92 Å². The molecule has 1 atom stereocenters. The minimum atomic E-state index is 0.773. The van der Waals surface area contributed by atoms with Gasteiger partial charge in [0, 0.05) is 19.4 Å². The van der Waals surface area contributed by atoms with Crippen LogP contribution in [0.15, 0.2) is 10.7 Å². The number of oxazole rings is 1. The molecule has 1 aliphatic heterocycles. The minimum Gasteiger partial charge on any atom is -0.449 e. The Hall–Kier alpha value is -0.480. The van der Waals surface area contributed by atoms with Crippen molar-refractivity contribution < 1.29 is 4.42 Å². The van der Waals surface area contributed by atoms with Gasteiger partial charge < -0.3 is 9.73 Å². The van der Waals surface area contributed by atoms with Crippen molar-refractivity contribution in [3.63, 3.8) is 0 Å². The van der Waals surface area contributed by atoms with Gasteiger partial charge in [-0.05, 0) is 37.3 Å². The molecule has 16 heavy (non-hydrogen) atoms. The highest BCUT2D eigenvalue weighted by atomic mass is 32.2. The summed E-state index contributed by atoms with van der Waals surface area (Å²) in [5.41, 5.74) is 1.08. The van der Waals surface area contributed by atoms with Gasteiger partial charge in [0.15, 0.2) is 5.89 Å². The van der Waals surface area contributed by atoms with Crippen LogP contribution in [0.3, 0.4) is 0 Å². The molecule has 0 saturated carbocycles. The Morgan fingerprint density at radius 1 is 1.62 bits per heavy atom. The van der Waals surface area contributed by atoms with Gasteiger partial charge in [-0.3, -0.25) is 0 Å². The second-order valence-electron chi connectivity index (χ2n) is 4.37. The van der Waals surface area contributed by atoms with Crippen LogP contribution in [0.1, 0.15) is 24.4 Å². The molecule has 3 nitrogen and oxygen atoms in total. The first-order chi connectivity index (χ1) is 7.88. The fourth-order valence-corrected chi connectivity index (χ4v) is 3.18. The smallest absolute Gasteiger partial charge is 0.194 e. The van der Waals surface area contributed by atoms with Gasteiger partial charge in [-0.1, -0.05) is 0 Å². The van der Waals surface area contributed by atoms with Crippen molar-refractivity contribution in [3.8, 4) is 0 Å². The Bertz CT molecular complexity index is 308. The van der Waals surface area contributed by atoms with E-state index in [-0.39, 0.29) is 0 Å². The molecule has 0 radical (unpaired) electrons. The zero-order valence-electron chi connectivity index (χ0n) is 9.87. The normalized spacial score (nSPS) is 21.2. The largest absolute Gasteiger partial charge is 0.449 e. The summed E-state index contributed by atoms with van der Waals surface area (Å²) < 4.78 is 5.52. The molecule has 90 valence electrons. The van der Waals surface area contributed by atoms with E-state index in [1.54, 1.807) is 0 Å². The number of hydrogen-bond acceptors (Lipinski definition) is 4. The first-order valence-electron chi connectivity index (χ1n) is 6.04. The number of rotatable bonds is 5. The molecule has 1 aromatic heterocycles. The van der Waals surface area contributed by atoms with Gasteiger partial charge in [0.25, 0.3) is 0 Å². The SMILES string of the molecule is CNCCc1coc(CC2CCCSC2)n1. The number of hydrogen-bond donors (Lipinski definition) is 1. The number of aromatic nitrogens is 1. The van der Waals surface area contributed by atoms with E-state index < -0.39 is 0 Å². The summed E-state index contributed by atoms with van der Waals surface area (Å²) in [4.78, 5) is 4.53. The van der Waals surface area contributed by atoms with Gasteiger partial charge >= 0.3 is 0 Å². The standard InChI is InChI=1S/C12H20N2OS/c1-13-5-4-11-8-15-12(14-11)7-10-3-2-6-16-9-10/h8,10,13H,2-7,9H2,1H3. The molecule has 1 fully saturated rings. The molecular formula is C12H20N2OS. The quantitative estimate of drug-likeness (QED) is 0.855. The first kappa shape index (κ1) is 12.0. The Morgan fingerprint density at radius 3 is 3.31 bits per heavy atom. The molecule has 0 aliphatic carbocycles. The Morgan fingerprint density at radius 2 is 2.56 bits per heavy atom. The zero-order valence-corrected chi connectivity index (χ0v) is 10.7. The van der Waals surface area contributed by atoms with Gasteiger partial charge in [-0.2, -0.15) is 11.8 Å². The van der Waals surface area contributed by atoms with E-state index in [2.05, 4.69) is 22.1 Å². The van der Waals surface area contributed by atoms with Crippen LogP contribution in [0.25, 0.3) is 0 Å². The van der Waals surface area contributed by atoms with Crippen LogP contribution in [-0.4, -0.2) is 30.1 Å². The van der Waals surface area contributed by atoms with Crippen molar-refractivity contribution >= 4 is 11.8 Å². The highest BCUT2D eigenvalue weighted by Crippen LogP contribution is 2.25. The zero-order chi connectivity index (χ0) is 11.2. The molecule has 4 heteroatoms. The highest BCUT2D eigenvalue weighted by molar-refractivity contribution is 7.99. The molecule has 1 aliphatic rings. The predicted octanol–water partition coefficient (Wildman–Crippen LogP) is 2.12. The van der Waals surface area contributed by atoms with Crippen LogP contribution in [0, 0.1) is 5.92 Å². The second kappa shape index (κ2) is 6.30. The predicted molar refractivity (Wildman–Crippen MR) is 67.9 cm³/mol. The van der Waals surface area contributed by atoms with E-state index in [4.69, 9.17) is 4.42 Å². The number of likely N-dealkylation sites (N-methyl/N-ethyl adjacent to an activating group) is 1. The fourth-order valence-electron chi connectivity index (χ4n) is 2.03. The molecule has 0 aromatic carbocycles. The number of nitrogens with zero attached hydrogens (tertiary/aromatic N) is 1. The van der Waals surface area contributed by atoms with Crippen LogP contribution in [0.5, 0.6) is 0 Å². The highest BCUT2D eigenvalue weighted by Gasteiger charge is 2.16. The Labute approximate surface area is 101 Å². The number of thioether (sulfide) groups is 1. The monoisotopic (exact) mass is 240 g/mol. The van der Waals surface area contributed by atoms with Crippen molar-refractivity contribution in [1.29, 1.82) is 0 Å². The van der Waals surface area contributed by atoms with Crippen LogP contribution in [0.4, 0.5) is 0 Å². The minimum absolute atomic E-state index is 0.773. The van der Waals surface area contributed by atoms with E-state index in [0.717, 1.165) is 36.9 Å². The van der Waals surface area contributed by atoms with Crippen molar-refractivity contribution in [1.82, 2.24) is 10.3 Å². The maximum Gasteiger partial charge on any atom is 0.194 e. The molecule has 1 aromatic rings. The van der Waals surface area contributed by atoms with E-state index in [0.29, 0.717) is 0 Å². The summed E-state index contributed by atoms with van der Waals surface area (Å²) in [6, 6.07) is 0. The number of nitrogens with one attached hydrogen (secondary N) is 1. The van der Waals surface area contributed by atoms with E-state index in [1.165, 1.54) is 24.3 Å². The topological polar surface area (TPSA) is 38.1 Å². The van der Waals surface area contributed by atoms with Gasteiger partial charge in [0.1, 0.15) is 6.26 Å². The van der Waals surface area contributed by atoms with E-state index in [9.17, 15) is 0 Å². The lowest BCUT2D eigenvalue weighted by atomic mass is 10.0. The van der Waals surface area contributed by atoms with Gasteiger partial charge in [-0.15, -0.1) is 0 Å². The summed E-state index contributed by atoms with van der Waals surface area (Å²) in [6.07, 6.45) is 6.47. The van der Waals surface area contributed by atoms with Crippen molar-refractivity contribution in [3.05, 3.63) is 17.8 Å². The van der Waals surface area contributed by atoms with Crippen LogP contribution in [-0.2, 0) is 12.8 Å². The average molecular weight is 240 g/mol. The molecule has 1 unspecified atom stereocenters. The lowest BCUT2D eigenvalue weighted by Crippen LogP contribution is -2.13. The summed E-state index contributed by atoms with van der Waals surface area (Å²) >= 11 is 2.06. The maximum atomic E-state index is 5.52.